The number of hydrogen-bond acceptors (Lipinski definition) is 3. The number of ether oxygens (including phenoxy) is 1. The minimum absolute atomic E-state index is 0.365. The van der Waals surface area contributed by atoms with Crippen molar-refractivity contribution in [2.45, 2.75) is 81.9 Å². The normalized spacial score (nSPS) is 26.7. The van der Waals surface area contributed by atoms with Crippen LogP contribution in [0.1, 0.15) is 59.3 Å². The topological polar surface area (TPSA) is 64.3 Å². The fraction of sp³-hybridized carbons (Fsp3) is 0.929. The number of carbonyl (C=O) groups is 1. The summed E-state index contributed by atoms with van der Waals surface area (Å²) in [6.07, 6.45) is 1.75. The van der Waals surface area contributed by atoms with Crippen molar-refractivity contribution in [3.8, 4) is 0 Å². The molecule has 6 heteroatoms. The van der Waals surface area contributed by atoms with Gasteiger partial charge in [-0.3, -0.25) is 0 Å². The number of nitrogens with one attached hydrogen (secondary N) is 1. The third kappa shape index (κ3) is 2.90. The molecular formula is C14H24F2N2O2. The van der Waals surface area contributed by atoms with Gasteiger partial charge in [0.1, 0.15) is 5.60 Å². The number of carbonyl (C=O) groups excluding carboxylic acids is 1. The molecule has 0 unspecified atom stereocenters. The van der Waals surface area contributed by atoms with E-state index in [0.29, 0.717) is 12.8 Å². The Labute approximate surface area is 118 Å². The highest BCUT2D eigenvalue weighted by atomic mass is 19.3. The van der Waals surface area contributed by atoms with Crippen molar-refractivity contribution in [2.75, 3.05) is 0 Å². The summed E-state index contributed by atoms with van der Waals surface area (Å²) >= 11 is 0. The van der Waals surface area contributed by atoms with Gasteiger partial charge in [-0.2, -0.15) is 0 Å². The van der Waals surface area contributed by atoms with Crippen LogP contribution in [0.4, 0.5) is 13.6 Å². The molecule has 1 amide bonds. The first-order chi connectivity index (χ1) is 8.97. The predicted octanol–water partition coefficient (Wildman–Crippen LogP) is 2.95. The minimum atomic E-state index is -2.71. The number of rotatable bonds is 2. The maximum atomic E-state index is 13.2. The summed E-state index contributed by atoms with van der Waals surface area (Å²) < 4.78 is 31.7. The van der Waals surface area contributed by atoms with E-state index in [1.807, 2.05) is 0 Å². The Kier molecular flexibility index (Phi) is 3.52. The van der Waals surface area contributed by atoms with Crippen LogP contribution in [0.3, 0.4) is 0 Å². The zero-order valence-electron chi connectivity index (χ0n) is 12.4. The van der Waals surface area contributed by atoms with Crippen molar-refractivity contribution in [3.05, 3.63) is 0 Å². The van der Waals surface area contributed by atoms with E-state index in [1.165, 1.54) is 0 Å². The molecule has 4 nitrogen and oxygen atoms in total. The number of alkyl halides is 2. The number of amides is 1. The summed E-state index contributed by atoms with van der Waals surface area (Å²) in [5, 5.41) is 2.81. The van der Waals surface area contributed by atoms with Gasteiger partial charge >= 0.3 is 6.09 Å². The van der Waals surface area contributed by atoms with E-state index < -0.39 is 28.7 Å². The van der Waals surface area contributed by atoms with Gasteiger partial charge in [0, 0.05) is 12.8 Å². The molecule has 2 aliphatic rings. The number of alkyl carbamates (subject to hydrolysis) is 1. The van der Waals surface area contributed by atoms with Gasteiger partial charge in [0.05, 0.1) is 11.1 Å². The average Bonchev–Trinajstić information content (AvgIpc) is 2.60. The fourth-order valence-corrected chi connectivity index (χ4v) is 3.43. The molecule has 0 atom stereocenters. The molecule has 2 fully saturated rings. The lowest BCUT2D eigenvalue weighted by Gasteiger charge is -2.55. The van der Waals surface area contributed by atoms with E-state index in [1.54, 1.807) is 20.8 Å². The predicted molar refractivity (Wildman–Crippen MR) is 71.7 cm³/mol. The largest absolute Gasteiger partial charge is 0.444 e. The Bertz CT molecular complexity index is 390. The van der Waals surface area contributed by atoms with Crippen molar-refractivity contribution < 1.29 is 18.3 Å². The van der Waals surface area contributed by atoms with Crippen LogP contribution in [0.5, 0.6) is 0 Å². The van der Waals surface area contributed by atoms with Crippen molar-refractivity contribution in [2.24, 2.45) is 5.73 Å². The van der Waals surface area contributed by atoms with Gasteiger partial charge < -0.3 is 15.8 Å². The molecule has 0 radical (unpaired) electrons. The van der Waals surface area contributed by atoms with E-state index >= 15 is 0 Å². The van der Waals surface area contributed by atoms with Crippen LogP contribution >= 0.6 is 0 Å². The van der Waals surface area contributed by atoms with Crippen LogP contribution in [-0.4, -0.2) is 28.7 Å². The standard InChI is InChI=1S/C14H24F2N2O2/c1-11(2,3)20-10(19)18-13(6-4-5-7-13)12(17)8-14(15,16)9-12/h4-9,17H2,1-3H3,(H,18,19). The summed E-state index contributed by atoms with van der Waals surface area (Å²) in [4.78, 5) is 12.0. The summed E-state index contributed by atoms with van der Waals surface area (Å²) in [5.74, 6) is -2.71. The number of halogens is 2. The lowest BCUT2D eigenvalue weighted by Crippen LogP contribution is -2.75. The average molecular weight is 290 g/mol. The third-order valence-electron chi connectivity index (χ3n) is 4.30. The summed E-state index contributed by atoms with van der Waals surface area (Å²) in [6.45, 7) is 5.30. The molecule has 2 saturated carbocycles. The van der Waals surface area contributed by atoms with E-state index in [-0.39, 0.29) is 12.8 Å². The quantitative estimate of drug-likeness (QED) is 0.822. The monoisotopic (exact) mass is 290 g/mol. The van der Waals surface area contributed by atoms with Crippen molar-refractivity contribution >= 4 is 6.09 Å². The first kappa shape index (κ1) is 15.5. The van der Waals surface area contributed by atoms with Crippen LogP contribution < -0.4 is 11.1 Å². The van der Waals surface area contributed by atoms with Crippen LogP contribution in [0, 0.1) is 0 Å². The Hall–Kier alpha value is -0.910. The highest BCUT2D eigenvalue weighted by Crippen LogP contribution is 2.54. The first-order valence-corrected chi connectivity index (χ1v) is 7.15. The van der Waals surface area contributed by atoms with Gasteiger partial charge in [-0.15, -0.1) is 0 Å². The highest BCUT2D eigenvalue weighted by molar-refractivity contribution is 5.69. The first-order valence-electron chi connectivity index (χ1n) is 7.15. The third-order valence-corrected chi connectivity index (χ3v) is 4.30. The van der Waals surface area contributed by atoms with Crippen molar-refractivity contribution in [3.63, 3.8) is 0 Å². The fourth-order valence-electron chi connectivity index (χ4n) is 3.43. The van der Waals surface area contributed by atoms with Crippen LogP contribution in [0.15, 0.2) is 0 Å². The lowest BCUT2D eigenvalue weighted by atomic mass is 9.61. The van der Waals surface area contributed by atoms with E-state index in [2.05, 4.69) is 5.32 Å². The molecule has 2 aliphatic carbocycles. The second kappa shape index (κ2) is 4.55. The van der Waals surface area contributed by atoms with Gasteiger partial charge in [0.25, 0.3) is 5.92 Å². The second-order valence-electron chi connectivity index (χ2n) is 7.28. The number of nitrogens with two attached hydrogens (primary N) is 1. The Balaban J connectivity index is 2.09. The molecule has 0 saturated heterocycles. The summed E-state index contributed by atoms with van der Waals surface area (Å²) in [5.41, 5.74) is 3.79. The summed E-state index contributed by atoms with van der Waals surface area (Å²) in [7, 11) is 0. The van der Waals surface area contributed by atoms with Gasteiger partial charge in [-0.1, -0.05) is 12.8 Å². The Morgan fingerprint density at radius 2 is 1.70 bits per heavy atom. The number of hydrogen-bond donors (Lipinski definition) is 2. The van der Waals surface area contributed by atoms with E-state index in [0.717, 1.165) is 12.8 Å². The highest BCUT2D eigenvalue weighted by Gasteiger charge is 2.65. The molecular weight excluding hydrogens is 266 g/mol. The van der Waals surface area contributed by atoms with Crippen LogP contribution in [-0.2, 0) is 4.74 Å². The maximum absolute atomic E-state index is 13.2. The van der Waals surface area contributed by atoms with E-state index in [4.69, 9.17) is 10.5 Å². The molecule has 0 aromatic heterocycles. The molecule has 2 rings (SSSR count). The lowest BCUT2D eigenvalue weighted by molar-refractivity contribution is -0.148. The zero-order chi connectivity index (χ0) is 15.2. The molecule has 0 heterocycles. The molecule has 0 bridgehead atoms. The molecule has 0 aromatic rings. The van der Waals surface area contributed by atoms with Gasteiger partial charge in [-0.05, 0) is 33.6 Å². The minimum Gasteiger partial charge on any atom is -0.444 e. The molecule has 3 N–H and O–H groups in total. The molecule has 116 valence electrons. The Morgan fingerprint density at radius 3 is 2.10 bits per heavy atom. The molecule has 0 aromatic carbocycles. The molecule has 0 aliphatic heterocycles. The molecule has 20 heavy (non-hydrogen) atoms. The maximum Gasteiger partial charge on any atom is 0.408 e. The van der Waals surface area contributed by atoms with Crippen molar-refractivity contribution in [1.82, 2.24) is 5.32 Å². The Morgan fingerprint density at radius 1 is 1.20 bits per heavy atom. The van der Waals surface area contributed by atoms with Crippen LogP contribution in [0.2, 0.25) is 0 Å². The van der Waals surface area contributed by atoms with Gasteiger partial charge in [0.15, 0.2) is 0 Å². The smallest absolute Gasteiger partial charge is 0.408 e. The van der Waals surface area contributed by atoms with E-state index in [9.17, 15) is 13.6 Å². The van der Waals surface area contributed by atoms with Crippen molar-refractivity contribution in [1.29, 1.82) is 0 Å². The second-order valence-corrected chi connectivity index (χ2v) is 7.28. The van der Waals surface area contributed by atoms with Crippen LogP contribution in [0.25, 0.3) is 0 Å². The zero-order valence-corrected chi connectivity index (χ0v) is 12.4. The van der Waals surface area contributed by atoms with Gasteiger partial charge in [-0.25, -0.2) is 13.6 Å². The van der Waals surface area contributed by atoms with Gasteiger partial charge in [0.2, 0.25) is 0 Å². The summed E-state index contributed by atoms with van der Waals surface area (Å²) in [6, 6.07) is 0. The molecule has 0 spiro atoms. The SMILES string of the molecule is CC(C)(C)OC(=O)NC1(C2(N)CC(F)(F)C2)CCCC1.